The van der Waals surface area contributed by atoms with Gasteiger partial charge in [0.15, 0.2) is 0 Å². The van der Waals surface area contributed by atoms with E-state index in [2.05, 4.69) is 19.1 Å². The Labute approximate surface area is 126 Å². The van der Waals surface area contributed by atoms with Gasteiger partial charge in [-0.15, -0.1) is 0 Å². The lowest BCUT2D eigenvalue weighted by atomic mass is 9.91. The van der Waals surface area contributed by atoms with Crippen molar-refractivity contribution in [3.8, 4) is 11.5 Å². The van der Waals surface area contributed by atoms with Gasteiger partial charge in [0.25, 0.3) is 0 Å². The first-order valence-corrected chi connectivity index (χ1v) is 7.51. The van der Waals surface area contributed by atoms with E-state index in [0.717, 1.165) is 24.3 Å². The number of hydrogen-bond donors (Lipinski definition) is 0. The molecule has 0 aliphatic heterocycles. The van der Waals surface area contributed by atoms with E-state index in [4.69, 9.17) is 4.74 Å². The largest absolute Gasteiger partial charge is 0.457 e. The zero-order chi connectivity index (χ0) is 15.1. The summed E-state index contributed by atoms with van der Waals surface area (Å²) in [6.07, 6.45) is 2.62. The van der Waals surface area contributed by atoms with Crippen molar-refractivity contribution in [1.82, 2.24) is 0 Å². The van der Waals surface area contributed by atoms with Crippen molar-refractivity contribution in [1.29, 1.82) is 0 Å². The quantitative estimate of drug-likeness (QED) is 0.685. The molecule has 2 rings (SSSR count). The third-order valence-electron chi connectivity index (χ3n) is 3.67. The van der Waals surface area contributed by atoms with Gasteiger partial charge in [-0.2, -0.15) is 0 Å². The van der Waals surface area contributed by atoms with Crippen molar-refractivity contribution < 1.29 is 9.53 Å². The summed E-state index contributed by atoms with van der Waals surface area (Å²) in [5.41, 5.74) is 1.28. The van der Waals surface area contributed by atoms with Crippen molar-refractivity contribution in [2.75, 3.05) is 0 Å². The predicted molar refractivity (Wildman–Crippen MR) is 85.9 cm³/mol. The Bertz CT molecular complexity index is 558. The van der Waals surface area contributed by atoms with Crippen LogP contribution in [0, 0.1) is 0 Å². The van der Waals surface area contributed by atoms with Crippen LogP contribution in [0.2, 0.25) is 0 Å². The van der Waals surface area contributed by atoms with Gasteiger partial charge in [-0.05, 0) is 55.5 Å². The molecule has 0 saturated heterocycles. The average Bonchev–Trinajstić information content (AvgIpc) is 2.50. The van der Waals surface area contributed by atoms with Crippen LogP contribution in [0.4, 0.5) is 0 Å². The number of carbonyl (C=O) groups excluding carboxylic acids is 1. The summed E-state index contributed by atoms with van der Waals surface area (Å²) in [5.74, 6) is 2.39. The molecule has 110 valence electrons. The summed E-state index contributed by atoms with van der Waals surface area (Å²) in [5, 5.41) is 0. The molecule has 0 saturated carbocycles. The molecule has 0 bridgehead atoms. The molecule has 0 aromatic heterocycles. The van der Waals surface area contributed by atoms with Crippen LogP contribution in [0.25, 0.3) is 0 Å². The molecule has 2 aromatic carbocycles. The summed E-state index contributed by atoms with van der Waals surface area (Å²) in [6.45, 7) is 3.82. The maximum absolute atomic E-state index is 11.1. The summed E-state index contributed by atoms with van der Waals surface area (Å²) in [6, 6.07) is 18.0. The maximum atomic E-state index is 11.1. The zero-order valence-corrected chi connectivity index (χ0v) is 12.7. The molecule has 0 aliphatic carbocycles. The third kappa shape index (κ3) is 4.75. The number of ketones is 1. The van der Waals surface area contributed by atoms with Crippen LogP contribution in [0.15, 0.2) is 54.6 Å². The lowest BCUT2D eigenvalue weighted by Crippen LogP contribution is -2.00. The van der Waals surface area contributed by atoms with Crippen molar-refractivity contribution in [3.63, 3.8) is 0 Å². The second-order valence-corrected chi connectivity index (χ2v) is 5.33. The summed E-state index contributed by atoms with van der Waals surface area (Å²) < 4.78 is 5.79. The topological polar surface area (TPSA) is 26.3 Å². The molecule has 0 N–H and O–H groups in total. The monoisotopic (exact) mass is 282 g/mol. The number of para-hydroxylation sites is 1. The average molecular weight is 282 g/mol. The van der Waals surface area contributed by atoms with Crippen LogP contribution in [0.5, 0.6) is 11.5 Å². The third-order valence-corrected chi connectivity index (χ3v) is 3.67. The fraction of sp³-hybridized carbons (Fsp3) is 0.316. The van der Waals surface area contributed by atoms with Gasteiger partial charge in [0.2, 0.25) is 0 Å². The first kappa shape index (κ1) is 15.3. The van der Waals surface area contributed by atoms with Gasteiger partial charge >= 0.3 is 0 Å². The minimum Gasteiger partial charge on any atom is -0.457 e. The number of ether oxygens (including phenoxy) is 1. The van der Waals surface area contributed by atoms with E-state index in [-0.39, 0.29) is 5.78 Å². The highest BCUT2D eigenvalue weighted by molar-refractivity contribution is 5.75. The smallest absolute Gasteiger partial charge is 0.129 e. The Morgan fingerprint density at radius 2 is 1.62 bits per heavy atom. The normalized spacial score (nSPS) is 11.9. The first-order valence-electron chi connectivity index (χ1n) is 7.51. The second kappa shape index (κ2) is 7.63. The van der Waals surface area contributed by atoms with E-state index in [1.54, 1.807) is 6.92 Å². The number of carbonyl (C=O) groups is 1. The zero-order valence-electron chi connectivity index (χ0n) is 12.7. The Morgan fingerprint density at radius 3 is 2.19 bits per heavy atom. The molecule has 21 heavy (non-hydrogen) atoms. The van der Waals surface area contributed by atoms with Crippen LogP contribution in [0.3, 0.4) is 0 Å². The van der Waals surface area contributed by atoms with Crippen LogP contribution in [-0.4, -0.2) is 5.78 Å². The highest BCUT2D eigenvalue weighted by Crippen LogP contribution is 2.28. The molecule has 1 atom stereocenters. The minimum atomic E-state index is 0.262. The molecule has 0 heterocycles. The summed E-state index contributed by atoms with van der Waals surface area (Å²) >= 11 is 0. The summed E-state index contributed by atoms with van der Waals surface area (Å²) in [7, 11) is 0. The maximum Gasteiger partial charge on any atom is 0.129 e. The lowest BCUT2D eigenvalue weighted by Gasteiger charge is -2.15. The molecule has 2 aromatic rings. The molecular formula is C19H22O2. The standard InChI is InChI=1S/C19H22O2/c1-3-16(10-9-15(2)20)17-11-13-19(14-12-17)21-18-7-5-4-6-8-18/h4-8,11-14,16H,3,9-10H2,1-2H3. The molecule has 2 nitrogen and oxygen atoms in total. The van der Waals surface area contributed by atoms with E-state index in [1.807, 2.05) is 42.5 Å². The van der Waals surface area contributed by atoms with Gasteiger partial charge in [0, 0.05) is 6.42 Å². The number of rotatable bonds is 7. The lowest BCUT2D eigenvalue weighted by molar-refractivity contribution is -0.117. The van der Waals surface area contributed by atoms with E-state index < -0.39 is 0 Å². The SMILES string of the molecule is CCC(CCC(C)=O)c1ccc(Oc2ccccc2)cc1. The highest BCUT2D eigenvalue weighted by atomic mass is 16.5. The Hall–Kier alpha value is -2.09. The fourth-order valence-corrected chi connectivity index (χ4v) is 2.42. The molecule has 0 amide bonds. The van der Waals surface area contributed by atoms with E-state index in [1.165, 1.54) is 5.56 Å². The Kier molecular flexibility index (Phi) is 5.56. The minimum absolute atomic E-state index is 0.262. The molecule has 1 unspecified atom stereocenters. The van der Waals surface area contributed by atoms with E-state index in [0.29, 0.717) is 12.3 Å². The van der Waals surface area contributed by atoms with Crippen LogP contribution < -0.4 is 4.74 Å². The Morgan fingerprint density at radius 1 is 1.00 bits per heavy atom. The van der Waals surface area contributed by atoms with Crippen LogP contribution in [-0.2, 0) is 4.79 Å². The van der Waals surface area contributed by atoms with Gasteiger partial charge in [-0.25, -0.2) is 0 Å². The predicted octanol–water partition coefficient (Wildman–Crippen LogP) is 5.34. The van der Waals surface area contributed by atoms with Gasteiger partial charge < -0.3 is 9.53 Å². The second-order valence-electron chi connectivity index (χ2n) is 5.33. The van der Waals surface area contributed by atoms with Gasteiger partial charge in [0.1, 0.15) is 17.3 Å². The van der Waals surface area contributed by atoms with Crippen LogP contribution in [0.1, 0.15) is 44.6 Å². The van der Waals surface area contributed by atoms with Crippen molar-refractivity contribution >= 4 is 5.78 Å². The van der Waals surface area contributed by atoms with E-state index in [9.17, 15) is 4.79 Å². The van der Waals surface area contributed by atoms with Crippen molar-refractivity contribution in [2.45, 2.75) is 39.0 Å². The number of Topliss-reactive ketones (excluding diaryl/α,β-unsaturated/α-hetero) is 1. The molecule has 2 heteroatoms. The molecule has 0 spiro atoms. The molecule has 0 radical (unpaired) electrons. The number of hydrogen-bond acceptors (Lipinski definition) is 2. The summed E-state index contributed by atoms with van der Waals surface area (Å²) in [4.78, 5) is 11.1. The van der Waals surface area contributed by atoms with Crippen LogP contribution >= 0.6 is 0 Å². The van der Waals surface area contributed by atoms with Gasteiger partial charge in [0.05, 0.1) is 0 Å². The molecule has 0 fully saturated rings. The van der Waals surface area contributed by atoms with Gasteiger partial charge in [-0.1, -0.05) is 37.3 Å². The highest BCUT2D eigenvalue weighted by Gasteiger charge is 2.10. The first-order chi connectivity index (χ1) is 10.2. The van der Waals surface area contributed by atoms with Crippen molar-refractivity contribution in [2.24, 2.45) is 0 Å². The van der Waals surface area contributed by atoms with Crippen molar-refractivity contribution in [3.05, 3.63) is 60.2 Å². The van der Waals surface area contributed by atoms with E-state index >= 15 is 0 Å². The fourth-order valence-electron chi connectivity index (χ4n) is 2.42. The molecule has 0 aliphatic rings. The molecular weight excluding hydrogens is 260 g/mol. The Balaban J connectivity index is 2.02. The van der Waals surface area contributed by atoms with Gasteiger partial charge in [-0.3, -0.25) is 0 Å². The number of benzene rings is 2.